The van der Waals surface area contributed by atoms with Gasteiger partial charge in [-0.3, -0.25) is 0 Å². The lowest BCUT2D eigenvalue weighted by Gasteiger charge is -2.35. The molecule has 5 nitrogen and oxygen atoms in total. The van der Waals surface area contributed by atoms with Gasteiger partial charge in [0.2, 0.25) is 0 Å². The number of hydrogen-bond acceptors (Lipinski definition) is 4. The number of morpholine rings is 1. The lowest BCUT2D eigenvalue weighted by Crippen LogP contribution is -2.37. The molecule has 1 saturated heterocycles. The molecule has 5 rings (SSSR count). The first-order chi connectivity index (χ1) is 12.8. The van der Waals surface area contributed by atoms with Gasteiger partial charge in [-0.25, -0.2) is 4.52 Å². The smallest absolute Gasteiger partial charge is 0.0661 e. The van der Waals surface area contributed by atoms with E-state index in [0.29, 0.717) is 5.92 Å². The van der Waals surface area contributed by atoms with Crippen LogP contribution in [0.25, 0.3) is 5.52 Å². The van der Waals surface area contributed by atoms with Crippen molar-refractivity contribution >= 4 is 11.2 Å². The number of anilines is 1. The number of ether oxygens (including phenoxy) is 1. The Hall–Kier alpha value is -2.37. The zero-order chi connectivity index (χ0) is 17.5. The molecule has 3 aromatic rings. The topological polar surface area (TPSA) is 33.0 Å². The molecule has 0 radical (unpaired) electrons. The minimum Gasteiger partial charge on any atom is -0.378 e. The fourth-order valence-corrected chi connectivity index (χ4v) is 4.27. The van der Waals surface area contributed by atoms with Crippen LogP contribution < -0.4 is 4.90 Å². The highest BCUT2D eigenvalue weighted by molar-refractivity contribution is 5.55. The van der Waals surface area contributed by atoms with Crippen molar-refractivity contribution in [1.82, 2.24) is 14.5 Å². The third-order valence-electron chi connectivity index (χ3n) is 5.63. The van der Waals surface area contributed by atoms with Crippen molar-refractivity contribution in [2.75, 3.05) is 44.8 Å². The van der Waals surface area contributed by atoms with Crippen molar-refractivity contribution in [3.05, 3.63) is 65.5 Å². The Balaban J connectivity index is 1.52. The molecule has 1 aromatic carbocycles. The number of hydrogen-bond donors (Lipinski definition) is 0. The molecule has 5 heteroatoms. The Bertz CT molecular complexity index is 929. The van der Waals surface area contributed by atoms with Crippen molar-refractivity contribution in [3.63, 3.8) is 0 Å². The van der Waals surface area contributed by atoms with E-state index in [-0.39, 0.29) is 0 Å². The molecular formula is C21H24N4O. The van der Waals surface area contributed by atoms with Crippen LogP contribution in [0, 0.1) is 0 Å². The zero-order valence-corrected chi connectivity index (χ0v) is 15.1. The number of nitrogens with zero attached hydrogens (tertiary/aromatic N) is 4. The molecular weight excluding hydrogens is 324 g/mol. The fourth-order valence-electron chi connectivity index (χ4n) is 4.27. The molecule has 0 saturated carbocycles. The Labute approximate surface area is 153 Å². The SMILES string of the molecule is CN1Cc2cc(N3CCOCC3)ccc2C(c2ccc3ccnn3c2)C1. The van der Waals surface area contributed by atoms with Crippen LogP contribution in [0.1, 0.15) is 22.6 Å². The minimum atomic E-state index is 0.385. The van der Waals surface area contributed by atoms with Crippen LogP contribution in [-0.4, -0.2) is 54.4 Å². The Kier molecular flexibility index (Phi) is 3.91. The van der Waals surface area contributed by atoms with Gasteiger partial charge in [-0.05, 0) is 48.0 Å². The molecule has 1 fully saturated rings. The van der Waals surface area contributed by atoms with Gasteiger partial charge in [-0.1, -0.05) is 12.1 Å². The molecule has 1 atom stereocenters. The van der Waals surface area contributed by atoms with Gasteiger partial charge in [-0.2, -0.15) is 5.10 Å². The second-order valence-corrected chi connectivity index (χ2v) is 7.39. The highest BCUT2D eigenvalue weighted by Gasteiger charge is 2.26. The molecule has 0 bridgehead atoms. The average Bonchev–Trinajstić information content (AvgIpc) is 3.15. The van der Waals surface area contributed by atoms with Crippen LogP contribution in [0.3, 0.4) is 0 Å². The third-order valence-corrected chi connectivity index (χ3v) is 5.63. The Morgan fingerprint density at radius 2 is 1.96 bits per heavy atom. The van der Waals surface area contributed by atoms with Gasteiger partial charge in [-0.15, -0.1) is 0 Å². The molecule has 0 N–H and O–H groups in total. The maximum atomic E-state index is 5.50. The second-order valence-electron chi connectivity index (χ2n) is 7.39. The van der Waals surface area contributed by atoms with Crippen LogP contribution in [0.4, 0.5) is 5.69 Å². The van der Waals surface area contributed by atoms with Crippen molar-refractivity contribution in [2.45, 2.75) is 12.5 Å². The largest absolute Gasteiger partial charge is 0.378 e. The third kappa shape index (κ3) is 2.77. The first-order valence-corrected chi connectivity index (χ1v) is 9.35. The number of rotatable bonds is 2. The monoisotopic (exact) mass is 348 g/mol. The van der Waals surface area contributed by atoms with Gasteiger partial charge in [0, 0.05) is 50.2 Å². The van der Waals surface area contributed by atoms with Crippen LogP contribution in [-0.2, 0) is 11.3 Å². The molecule has 2 aliphatic rings. The van der Waals surface area contributed by atoms with Gasteiger partial charge in [0.05, 0.1) is 18.7 Å². The predicted molar refractivity (Wildman–Crippen MR) is 103 cm³/mol. The van der Waals surface area contributed by atoms with Crippen molar-refractivity contribution in [2.24, 2.45) is 0 Å². The molecule has 0 amide bonds. The molecule has 0 spiro atoms. The summed E-state index contributed by atoms with van der Waals surface area (Å²) in [7, 11) is 2.21. The van der Waals surface area contributed by atoms with Gasteiger partial charge < -0.3 is 14.5 Å². The Morgan fingerprint density at radius 3 is 2.85 bits per heavy atom. The van der Waals surface area contributed by atoms with E-state index in [1.165, 1.54) is 22.4 Å². The van der Waals surface area contributed by atoms with E-state index in [2.05, 4.69) is 58.5 Å². The van der Waals surface area contributed by atoms with Crippen LogP contribution in [0.5, 0.6) is 0 Å². The van der Waals surface area contributed by atoms with Gasteiger partial charge in [0.1, 0.15) is 0 Å². The summed E-state index contributed by atoms with van der Waals surface area (Å²) < 4.78 is 7.47. The molecule has 26 heavy (non-hydrogen) atoms. The van der Waals surface area contributed by atoms with Gasteiger partial charge in [0.15, 0.2) is 0 Å². The summed E-state index contributed by atoms with van der Waals surface area (Å²) in [6.07, 6.45) is 4.04. The van der Waals surface area contributed by atoms with Crippen LogP contribution in [0.2, 0.25) is 0 Å². The lowest BCUT2D eigenvalue weighted by atomic mass is 9.85. The average molecular weight is 348 g/mol. The lowest BCUT2D eigenvalue weighted by molar-refractivity contribution is 0.122. The fraction of sp³-hybridized carbons (Fsp3) is 0.381. The molecule has 0 aliphatic carbocycles. The van der Waals surface area contributed by atoms with E-state index < -0.39 is 0 Å². The maximum absolute atomic E-state index is 5.50. The molecule has 4 heterocycles. The summed E-state index contributed by atoms with van der Waals surface area (Å²) in [5.74, 6) is 0.385. The number of benzene rings is 1. The van der Waals surface area contributed by atoms with E-state index in [1.54, 1.807) is 0 Å². The van der Waals surface area contributed by atoms with Crippen molar-refractivity contribution < 1.29 is 4.74 Å². The summed E-state index contributed by atoms with van der Waals surface area (Å²) >= 11 is 0. The summed E-state index contributed by atoms with van der Waals surface area (Å²) in [6, 6.07) is 13.5. The predicted octanol–water partition coefficient (Wildman–Crippen LogP) is 2.75. The quantitative estimate of drug-likeness (QED) is 0.713. The number of aromatic nitrogens is 2. The van der Waals surface area contributed by atoms with Gasteiger partial charge >= 0.3 is 0 Å². The first-order valence-electron chi connectivity index (χ1n) is 9.35. The summed E-state index contributed by atoms with van der Waals surface area (Å²) in [5.41, 5.74) is 6.68. The van der Waals surface area contributed by atoms with Crippen LogP contribution >= 0.6 is 0 Å². The summed E-state index contributed by atoms with van der Waals surface area (Å²) in [4.78, 5) is 4.85. The number of pyridine rings is 1. The van der Waals surface area contributed by atoms with E-state index in [0.717, 1.165) is 44.9 Å². The summed E-state index contributed by atoms with van der Waals surface area (Å²) in [6.45, 7) is 5.65. The molecule has 2 aromatic heterocycles. The molecule has 1 unspecified atom stereocenters. The van der Waals surface area contributed by atoms with E-state index in [4.69, 9.17) is 4.74 Å². The highest BCUT2D eigenvalue weighted by atomic mass is 16.5. The zero-order valence-electron chi connectivity index (χ0n) is 15.1. The number of likely N-dealkylation sites (N-methyl/N-ethyl adjacent to an activating group) is 1. The number of fused-ring (bicyclic) bond motifs is 2. The summed E-state index contributed by atoms with van der Waals surface area (Å²) in [5, 5.41) is 4.41. The first kappa shape index (κ1) is 15.9. The maximum Gasteiger partial charge on any atom is 0.0661 e. The molecule has 134 valence electrons. The second kappa shape index (κ2) is 6.41. The van der Waals surface area contributed by atoms with E-state index >= 15 is 0 Å². The van der Waals surface area contributed by atoms with E-state index in [9.17, 15) is 0 Å². The van der Waals surface area contributed by atoms with Crippen molar-refractivity contribution in [3.8, 4) is 0 Å². The minimum absolute atomic E-state index is 0.385. The molecule has 2 aliphatic heterocycles. The highest BCUT2D eigenvalue weighted by Crippen LogP contribution is 2.35. The van der Waals surface area contributed by atoms with Crippen LogP contribution in [0.15, 0.2) is 48.8 Å². The Morgan fingerprint density at radius 1 is 1.08 bits per heavy atom. The van der Waals surface area contributed by atoms with E-state index in [1.807, 2.05) is 16.8 Å². The van der Waals surface area contributed by atoms with Gasteiger partial charge in [0.25, 0.3) is 0 Å². The standard InChI is InChI=1S/C21H24N4O/c1-23-13-17-12-19(24-8-10-26-11-9-24)4-5-20(17)21(15-23)16-2-3-18-6-7-22-25(18)14-16/h2-7,12,14,21H,8-11,13,15H2,1H3. The normalized spacial score (nSPS) is 21.1. The van der Waals surface area contributed by atoms with Crippen molar-refractivity contribution in [1.29, 1.82) is 0 Å².